The number of fused-ring (bicyclic) bond motifs is 1. The van der Waals surface area contributed by atoms with Crippen molar-refractivity contribution in [2.75, 3.05) is 13.1 Å². The van der Waals surface area contributed by atoms with Crippen LogP contribution in [-0.4, -0.2) is 18.1 Å². The molecule has 0 saturated carbocycles. The van der Waals surface area contributed by atoms with E-state index >= 15 is 0 Å². The summed E-state index contributed by atoms with van der Waals surface area (Å²) in [5.41, 5.74) is 3.87. The lowest BCUT2D eigenvalue weighted by Crippen LogP contribution is -2.10. The van der Waals surface area contributed by atoms with Gasteiger partial charge < -0.3 is 5.32 Å². The Bertz CT molecular complexity index is 538. The number of hydrogen-bond donors (Lipinski definition) is 1. The van der Waals surface area contributed by atoms with E-state index in [1.165, 1.54) is 39.3 Å². The lowest BCUT2D eigenvalue weighted by Gasteiger charge is -2.03. The molecule has 3 rings (SSSR count). The van der Waals surface area contributed by atoms with Crippen LogP contribution in [0, 0.1) is 19.8 Å². The summed E-state index contributed by atoms with van der Waals surface area (Å²) in [4.78, 5) is 4.79. The van der Waals surface area contributed by atoms with E-state index in [1.54, 1.807) is 0 Å². The molecule has 0 aliphatic carbocycles. The zero-order valence-corrected chi connectivity index (χ0v) is 11.2. The minimum absolute atomic E-state index is 0.789. The van der Waals surface area contributed by atoms with E-state index in [4.69, 9.17) is 4.98 Å². The molecule has 1 aromatic carbocycles. The maximum Gasteiger partial charge on any atom is 0.0941 e. The van der Waals surface area contributed by atoms with Crippen molar-refractivity contribution < 1.29 is 0 Å². The van der Waals surface area contributed by atoms with Gasteiger partial charge in [0.1, 0.15) is 0 Å². The quantitative estimate of drug-likeness (QED) is 0.881. The highest BCUT2D eigenvalue weighted by atomic mass is 32.1. The molecule has 0 bridgehead atoms. The van der Waals surface area contributed by atoms with E-state index in [1.807, 2.05) is 11.3 Å². The van der Waals surface area contributed by atoms with Gasteiger partial charge in [-0.1, -0.05) is 6.07 Å². The molecule has 1 N–H and O–H groups in total. The van der Waals surface area contributed by atoms with Crippen molar-refractivity contribution in [3.8, 4) is 0 Å². The highest BCUT2D eigenvalue weighted by molar-refractivity contribution is 7.18. The third-order valence-electron chi connectivity index (χ3n) is 3.49. The topological polar surface area (TPSA) is 24.9 Å². The minimum atomic E-state index is 0.789. The molecule has 0 spiro atoms. The summed E-state index contributed by atoms with van der Waals surface area (Å²) in [6.07, 6.45) is 2.44. The van der Waals surface area contributed by atoms with Crippen LogP contribution in [-0.2, 0) is 6.42 Å². The smallest absolute Gasteiger partial charge is 0.0941 e. The van der Waals surface area contributed by atoms with Gasteiger partial charge in [0, 0.05) is 6.42 Å². The number of nitrogens with zero attached hydrogens (tertiary/aromatic N) is 1. The average Bonchev–Trinajstić information content (AvgIpc) is 2.87. The van der Waals surface area contributed by atoms with Crippen LogP contribution in [0.2, 0.25) is 0 Å². The average molecular weight is 246 g/mol. The highest BCUT2D eigenvalue weighted by Gasteiger charge is 2.17. The summed E-state index contributed by atoms with van der Waals surface area (Å²) >= 11 is 1.88. The second-order valence-electron chi connectivity index (χ2n) is 5.10. The molecule has 1 unspecified atom stereocenters. The van der Waals surface area contributed by atoms with Gasteiger partial charge in [-0.05, 0) is 56.5 Å². The number of aromatic nitrogens is 1. The molecule has 1 aliphatic rings. The van der Waals surface area contributed by atoms with Gasteiger partial charge in [-0.2, -0.15) is 0 Å². The summed E-state index contributed by atoms with van der Waals surface area (Å²) in [5.74, 6) is 0.789. The Labute approximate surface area is 106 Å². The van der Waals surface area contributed by atoms with Crippen molar-refractivity contribution in [3.63, 3.8) is 0 Å². The van der Waals surface area contributed by atoms with Crippen molar-refractivity contribution in [3.05, 3.63) is 28.3 Å². The molecule has 3 heteroatoms. The van der Waals surface area contributed by atoms with Gasteiger partial charge in [0.2, 0.25) is 0 Å². The second kappa shape index (κ2) is 4.39. The van der Waals surface area contributed by atoms with E-state index in [9.17, 15) is 0 Å². The van der Waals surface area contributed by atoms with Crippen LogP contribution >= 0.6 is 11.3 Å². The first-order valence-electron chi connectivity index (χ1n) is 6.30. The highest BCUT2D eigenvalue weighted by Crippen LogP contribution is 2.28. The Hall–Kier alpha value is -0.930. The lowest BCUT2D eigenvalue weighted by molar-refractivity contribution is 0.579. The van der Waals surface area contributed by atoms with Crippen molar-refractivity contribution in [1.82, 2.24) is 10.3 Å². The predicted octanol–water partition coefficient (Wildman–Crippen LogP) is 3.07. The summed E-state index contributed by atoms with van der Waals surface area (Å²) in [7, 11) is 0. The zero-order chi connectivity index (χ0) is 11.8. The van der Waals surface area contributed by atoms with Gasteiger partial charge in [-0.25, -0.2) is 4.98 Å². The van der Waals surface area contributed by atoms with E-state index in [2.05, 4.69) is 31.3 Å². The fourth-order valence-electron chi connectivity index (χ4n) is 2.65. The minimum Gasteiger partial charge on any atom is -0.316 e. The molecule has 2 aromatic rings. The molecular formula is C14H18N2S. The molecule has 2 nitrogen and oxygen atoms in total. The van der Waals surface area contributed by atoms with Gasteiger partial charge in [0.05, 0.1) is 15.2 Å². The molecular weight excluding hydrogens is 228 g/mol. The lowest BCUT2D eigenvalue weighted by atomic mass is 10.1. The Morgan fingerprint density at radius 3 is 3.06 bits per heavy atom. The monoisotopic (exact) mass is 246 g/mol. The number of nitrogens with one attached hydrogen (secondary N) is 1. The van der Waals surface area contributed by atoms with E-state index in [-0.39, 0.29) is 0 Å². The maximum atomic E-state index is 4.79. The van der Waals surface area contributed by atoms with Gasteiger partial charge in [-0.3, -0.25) is 0 Å². The number of rotatable bonds is 2. The van der Waals surface area contributed by atoms with E-state index < -0.39 is 0 Å². The number of aryl methyl sites for hydroxylation is 2. The van der Waals surface area contributed by atoms with Crippen LogP contribution in [0.4, 0.5) is 0 Å². The largest absolute Gasteiger partial charge is 0.316 e. The van der Waals surface area contributed by atoms with Crippen LogP contribution in [0.5, 0.6) is 0 Å². The summed E-state index contributed by atoms with van der Waals surface area (Å²) < 4.78 is 1.37. The normalized spacial score (nSPS) is 20.2. The third kappa shape index (κ3) is 2.22. The van der Waals surface area contributed by atoms with E-state index in [0.29, 0.717) is 0 Å². The predicted molar refractivity (Wildman–Crippen MR) is 73.8 cm³/mol. The van der Waals surface area contributed by atoms with Crippen molar-refractivity contribution in [2.45, 2.75) is 26.7 Å². The molecule has 2 heterocycles. The number of hydrogen-bond acceptors (Lipinski definition) is 3. The van der Waals surface area contributed by atoms with Crippen LogP contribution in [0.15, 0.2) is 12.1 Å². The van der Waals surface area contributed by atoms with Crippen LogP contribution in [0.1, 0.15) is 22.6 Å². The second-order valence-corrected chi connectivity index (χ2v) is 6.18. The van der Waals surface area contributed by atoms with Crippen LogP contribution in [0.3, 0.4) is 0 Å². The summed E-state index contributed by atoms with van der Waals surface area (Å²) in [6.45, 7) is 6.67. The third-order valence-corrected chi connectivity index (χ3v) is 4.72. The summed E-state index contributed by atoms with van der Waals surface area (Å²) in [5, 5.41) is 4.73. The Morgan fingerprint density at radius 1 is 1.41 bits per heavy atom. The molecule has 17 heavy (non-hydrogen) atoms. The SMILES string of the molecule is Cc1cc(C)c2sc(CC3CCNC3)nc2c1. The van der Waals surface area contributed by atoms with Gasteiger partial charge >= 0.3 is 0 Å². The fraction of sp³-hybridized carbons (Fsp3) is 0.500. The Balaban J connectivity index is 1.93. The molecule has 0 amide bonds. The zero-order valence-electron chi connectivity index (χ0n) is 10.4. The molecule has 1 aromatic heterocycles. The van der Waals surface area contributed by atoms with Gasteiger partial charge in [0.25, 0.3) is 0 Å². The van der Waals surface area contributed by atoms with Crippen LogP contribution < -0.4 is 5.32 Å². The van der Waals surface area contributed by atoms with Crippen molar-refractivity contribution >= 4 is 21.6 Å². The van der Waals surface area contributed by atoms with Crippen LogP contribution in [0.25, 0.3) is 10.2 Å². The standard InChI is InChI=1S/C14H18N2S/c1-9-5-10(2)14-12(6-9)16-13(17-14)7-11-3-4-15-8-11/h5-6,11,15H,3-4,7-8H2,1-2H3. The number of benzene rings is 1. The van der Waals surface area contributed by atoms with E-state index in [0.717, 1.165) is 18.9 Å². The fourth-order valence-corrected chi connectivity index (χ4v) is 3.77. The first kappa shape index (κ1) is 11.2. The Morgan fingerprint density at radius 2 is 2.29 bits per heavy atom. The first-order chi connectivity index (χ1) is 8.22. The molecule has 0 radical (unpaired) electrons. The van der Waals surface area contributed by atoms with Crippen molar-refractivity contribution in [1.29, 1.82) is 0 Å². The van der Waals surface area contributed by atoms with Gasteiger partial charge in [0.15, 0.2) is 0 Å². The van der Waals surface area contributed by atoms with Crippen molar-refractivity contribution in [2.24, 2.45) is 5.92 Å². The summed E-state index contributed by atoms with van der Waals surface area (Å²) in [6, 6.07) is 4.46. The Kier molecular flexibility index (Phi) is 2.89. The molecule has 90 valence electrons. The molecule has 1 aliphatic heterocycles. The molecule has 1 fully saturated rings. The maximum absolute atomic E-state index is 4.79. The number of thiazole rings is 1. The first-order valence-corrected chi connectivity index (χ1v) is 7.11. The molecule has 1 saturated heterocycles. The molecule has 1 atom stereocenters. The van der Waals surface area contributed by atoms with Gasteiger partial charge in [-0.15, -0.1) is 11.3 Å².